The number of aliphatic hydroxyl groups is 1. The summed E-state index contributed by atoms with van der Waals surface area (Å²) in [6.45, 7) is 9.35. The Kier molecular flexibility index (Phi) is 7.70. The van der Waals surface area contributed by atoms with Crippen LogP contribution in [0.15, 0.2) is 24.3 Å². The monoisotopic (exact) mass is 338 g/mol. The molecule has 1 N–H and O–H groups in total. The molecule has 3 atom stereocenters. The molecule has 24 heavy (non-hydrogen) atoms. The number of carbonyl (C=O) groups is 1. The normalized spacial score (nSPS) is 15.5. The van der Waals surface area contributed by atoms with Gasteiger partial charge in [0.1, 0.15) is 5.75 Å². The Morgan fingerprint density at radius 3 is 2.25 bits per heavy atom. The van der Waals surface area contributed by atoms with Crippen molar-refractivity contribution in [3.8, 4) is 5.75 Å². The highest BCUT2D eigenvalue weighted by Crippen LogP contribution is 2.39. The lowest BCUT2D eigenvalue weighted by Crippen LogP contribution is -2.36. The van der Waals surface area contributed by atoms with Crippen LogP contribution < -0.4 is 4.74 Å². The second-order valence-electron chi connectivity index (χ2n) is 6.63. The van der Waals surface area contributed by atoms with E-state index in [1.165, 1.54) is 0 Å². The summed E-state index contributed by atoms with van der Waals surface area (Å²) in [7, 11) is 1.61. The number of hydrogen-bond acceptors (Lipinski definition) is 5. The van der Waals surface area contributed by atoms with E-state index in [4.69, 9.17) is 14.2 Å². The minimum Gasteiger partial charge on any atom is -0.497 e. The Hall–Kier alpha value is -1.59. The molecule has 0 radical (unpaired) electrons. The molecule has 0 saturated heterocycles. The van der Waals surface area contributed by atoms with E-state index in [0.717, 1.165) is 11.3 Å². The Bertz CT molecular complexity index is 507. The van der Waals surface area contributed by atoms with Crippen LogP contribution in [0.25, 0.3) is 0 Å². The molecule has 0 fully saturated rings. The molecule has 5 heteroatoms. The van der Waals surface area contributed by atoms with Crippen LogP contribution >= 0.6 is 0 Å². The summed E-state index contributed by atoms with van der Waals surface area (Å²) < 4.78 is 16.6. The number of rotatable bonds is 9. The van der Waals surface area contributed by atoms with Gasteiger partial charge >= 0.3 is 5.97 Å². The zero-order valence-corrected chi connectivity index (χ0v) is 15.5. The molecule has 0 bridgehead atoms. The van der Waals surface area contributed by atoms with E-state index in [9.17, 15) is 9.90 Å². The average molecular weight is 338 g/mol. The highest BCUT2D eigenvalue weighted by atomic mass is 16.5. The second-order valence-corrected chi connectivity index (χ2v) is 6.63. The SMILES string of the molecule is CCOC(=O)C(C)(C)[C@@H](O[C@H](C)C[C@H](C)O)c1ccc(OC)cc1. The fourth-order valence-corrected chi connectivity index (χ4v) is 2.64. The van der Waals surface area contributed by atoms with Crippen molar-refractivity contribution in [2.45, 2.75) is 59.4 Å². The standard InChI is InChI=1S/C19H30O5/c1-7-23-18(21)19(4,5)17(24-14(3)12-13(2)20)15-8-10-16(22-6)11-9-15/h8-11,13-14,17,20H,7,12H2,1-6H3/t13-,14+,17-/m0/s1. The quantitative estimate of drug-likeness (QED) is 0.698. The van der Waals surface area contributed by atoms with Crippen LogP contribution in [0.3, 0.4) is 0 Å². The minimum atomic E-state index is -0.864. The third-order valence-electron chi connectivity index (χ3n) is 3.92. The number of esters is 1. The fourth-order valence-electron chi connectivity index (χ4n) is 2.64. The summed E-state index contributed by atoms with van der Waals surface area (Å²) in [6, 6.07) is 7.46. The lowest BCUT2D eigenvalue weighted by atomic mass is 9.82. The molecule has 1 rings (SSSR count). The molecular weight excluding hydrogens is 308 g/mol. The summed E-state index contributed by atoms with van der Waals surface area (Å²) in [5.74, 6) is 0.429. The minimum absolute atomic E-state index is 0.203. The summed E-state index contributed by atoms with van der Waals surface area (Å²) >= 11 is 0. The maximum absolute atomic E-state index is 12.4. The molecule has 0 amide bonds. The summed E-state index contributed by atoms with van der Waals surface area (Å²) in [6.07, 6.45) is -0.671. The van der Waals surface area contributed by atoms with Crippen molar-refractivity contribution in [3.05, 3.63) is 29.8 Å². The first-order valence-electron chi connectivity index (χ1n) is 8.37. The Morgan fingerprint density at radius 1 is 1.21 bits per heavy atom. The van der Waals surface area contributed by atoms with Gasteiger partial charge in [0, 0.05) is 0 Å². The van der Waals surface area contributed by atoms with Gasteiger partial charge in [-0.05, 0) is 58.7 Å². The molecular formula is C19H30O5. The number of hydrogen-bond donors (Lipinski definition) is 1. The predicted molar refractivity (Wildman–Crippen MR) is 93.0 cm³/mol. The highest BCUT2D eigenvalue weighted by Gasteiger charge is 2.41. The number of aliphatic hydroxyl groups excluding tert-OH is 1. The van der Waals surface area contributed by atoms with Crippen LogP contribution in [0.5, 0.6) is 5.75 Å². The zero-order chi connectivity index (χ0) is 18.3. The van der Waals surface area contributed by atoms with Gasteiger partial charge in [-0.25, -0.2) is 0 Å². The second kappa shape index (κ2) is 9.04. The van der Waals surface area contributed by atoms with Crippen molar-refractivity contribution >= 4 is 5.97 Å². The van der Waals surface area contributed by atoms with E-state index in [2.05, 4.69) is 0 Å². The first-order valence-corrected chi connectivity index (χ1v) is 8.37. The molecule has 0 aromatic heterocycles. The van der Waals surface area contributed by atoms with Gasteiger partial charge in [-0.15, -0.1) is 0 Å². The van der Waals surface area contributed by atoms with Gasteiger partial charge in [0.25, 0.3) is 0 Å². The first kappa shape index (κ1) is 20.5. The van der Waals surface area contributed by atoms with E-state index in [0.29, 0.717) is 13.0 Å². The summed E-state index contributed by atoms with van der Waals surface area (Å²) in [4.78, 5) is 12.4. The zero-order valence-electron chi connectivity index (χ0n) is 15.5. The highest BCUT2D eigenvalue weighted by molar-refractivity contribution is 5.77. The fraction of sp³-hybridized carbons (Fsp3) is 0.632. The van der Waals surface area contributed by atoms with Crippen LogP contribution in [-0.4, -0.2) is 37.0 Å². The van der Waals surface area contributed by atoms with Gasteiger partial charge in [0.2, 0.25) is 0 Å². The number of methoxy groups -OCH3 is 1. The first-order chi connectivity index (χ1) is 11.2. The number of ether oxygens (including phenoxy) is 3. The molecule has 1 aromatic carbocycles. The average Bonchev–Trinajstić information content (AvgIpc) is 2.52. The molecule has 0 heterocycles. The predicted octanol–water partition coefficient (Wildman–Crippen LogP) is 3.50. The van der Waals surface area contributed by atoms with Crippen molar-refractivity contribution in [1.29, 1.82) is 0 Å². The molecule has 1 aromatic rings. The van der Waals surface area contributed by atoms with Crippen molar-refractivity contribution in [1.82, 2.24) is 0 Å². The van der Waals surface area contributed by atoms with E-state index < -0.39 is 17.6 Å². The molecule has 0 spiro atoms. The third-order valence-corrected chi connectivity index (χ3v) is 3.92. The maximum Gasteiger partial charge on any atom is 0.314 e. The van der Waals surface area contributed by atoms with Crippen molar-refractivity contribution < 1.29 is 24.1 Å². The molecule has 0 aliphatic carbocycles. The van der Waals surface area contributed by atoms with Crippen molar-refractivity contribution in [2.24, 2.45) is 5.41 Å². The van der Waals surface area contributed by atoms with Gasteiger partial charge in [0.15, 0.2) is 0 Å². The molecule has 0 aliphatic heterocycles. The molecule has 5 nitrogen and oxygen atoms in total. The van der Waals surface area contributed by atoms with Gasteiger partial charge in [0.05, 0.1) is 37.4 Å². The van der Waals surface area contributed by atoms with Crippen LogP contribution in [0.4, 0.5) is 0 Å². The molecule has 136 valence electrons. The molecule has 0 aliphatic rings. The lowest BCUT2D eigenvalue weighted by Gasteiger charge is -2.34. The van der Waals surface area contributed by atoms with Gasteiger partial charge in [-0.1, -0.05) is 12.1 Å². The van der Waals surface area contributed by atoms with Crippen LogP contribution in [0.1, 0.15) is 52.7 Å². The smallest absolute Gasteiger partial charge is 0.314 e. The van der Waals surface area contributed by atoms with E-state index in [1.54, 1.807) is 21.0 Å². The third kappa shape index (κ3) is 5.49. The molecule has 0 unspecified atom stereocenters. The van der Waals surface area contributed by atoms with Crippen LogP contribution in [0, 0.1) is 5.41 Å². The Morgan fingerprint density at radius 2 is 1.79 bits per heavy atom. The van der Waals surface area contributed by atoms with Gasteiger partial charge in [-0.2, -0.15) is 0 Å². The summed E-state index contributed by atoms with van der Waals surface area (Å²) in [5.41, 5.74) is 0.00340. The lowest BCUT2D eigenvalue weighted by molar-refractivity contribution is -0.167. The maximum atomic E-state index is 12.4. The number of carbonyl (C=O) groups excluding carboxylic acids is 1. The van der Waals surface area contributed by atoms with E-state index >= 15 is 0 Å². The van der Waals surface area contributed by atoms with Crippen LogP contribution in [0.2, 0.25) is 0 Å². The summed E-state index contributed by atoms with van der Waals surface area (Å²) in [5, 5.41) is 9.58. The molecule has 0 saturated carbocycles. The number of benzene rings is 1. The Balaban J connectivity index is 3.11. The van der Waals surface area contributed by atoms with E-state index in [1.807, 2.05) is 45.0 Å². The van der Waals surface area contributed by atoms with Gasteiger partial charge in [-0.3, -0.25) is 4.79 Å². The Labute approximate surface area is 144 Å². The largest absolute Gasteiger partial charge is 0.497 e. The van der Waals surface area contributed by atoms with Crippen LogP contribution in [-0.2, 0) is 14.3 Å². The topological polar surface area (TPSA) is 65.0 Å². The van der Waals surface area contributed by atoms with Crippen molar-refractivity contribution in [2.75, 3.05) is 13.7 Å². The van der Waals surface area contributed by atoms with Crippen molar-refractivity contribution in [3.63, 3.8) is 0 Å². The van der Waals surface area contributed by atoms with E-state index in [-0.39, 0.29) is 12.1 Å². The van der Waals surface area contributed by atoms with Gasteiger partial charge < -0.3 is 19.3 Å².